The van der Waals surface area contributed by atoms with Crippen LogP contribution in [0.5, 0.6) is 0 Å². The third kappa shape index (κ3) is 2.59. The molecular formula is C15H18FN3O. The molecule has 3 rings (SSSR count). The maximum Gasteiger partial charge on any atom is 0.123 e. The van der Waals surface area contributed by atoms with Crippen LogP contribution in [-0.4, -0.2) is 32.2 Å². The first-order valence-electron chi connectivity index (χ1n) is 6.76. The largest absolute Gasteiger partial charge is 0.392 e. The number of nitrogens with zero attached hydrogens (tertiary/aromatic N) is 3. The van der Waals surface area contributed by atoms with Crippen LogP contribution < -0.4 is 0 Å². The molecule has 2 atom stereocenters. The van der Waals surface area contributed by atoms with Crippen molar-refractivity contribution in [2.24, 2.45) is 7.05 Å². The Labute approximate surface area is 117 Å². The van der Waals surface area contributed by atoms with Crippen LogP contribution in [-0.2, 0) is 13.6 Å². The number of aliphatic hydroxyl groups excluding tert-OH is 1. The van der Waals surface area contributed by atoms with E-state index >= 15 is 0 Å². The molecule has 0 radical (unpaired) electrons. The normalized spacial score (nSPS) is 23.4. The number of rotatable bonds is 3. The summed E-state index contributed by atoms with van der Waals surface area (Å²) >= 11 is 0. The Morgan fingerprint density at radius 3 is 2.75 bits per heavy atom. The highest BCUT2D eigenvalue weighted by molar-refractivity contribution is 5.21. The fourth-order valence-corrected chi connectivity index (χ4v) is 2.83. The molecule has 1 aliphatic rings. The Balaban J connectivity index is 1.81. The van der Waals surface area contributed by atoms with E-state index in [9.17, 15) is 9.50 Å². The van der Waals surface area contributed by atoms with E-state index in [4.69, 9.17) is 0 Å². The SMILES string of the molecule is Cn1cncc1CN1CC(O)CC1c1ccc(F)cc1. The zero-order chi connectivity index (χ0) is 14.1. The molecule has 106 valence electrons. The van der Waals surface area contributed by atoms with E-state index in [-0.39, 0.29) is 18.0 Å². The summed E-state index contributed by atoms with van der Waals surface area (Å²) in [6, 6.07) is 6.67. The molecule has 5 heteroatoms. The Kier molecular flexibility index (Phi) is 3.54. The number of hydrogen-bond acceptors (Lipinski definition) is 3. The molecule has 2 heterocycles. The van der Waals surface area contributed by atoms with Gasteiger partial charge in [0.05, 0.1) is 18.1 Å². The summed E-state index contributed by atoms with van der Waals surface area (Å²) in [5.41, 5.74) is 2.15. The minimum atomic E-state index is -0.335. The van der Waals surface area contributed by atoms with Gasteiger partial charge in [-0.2, -0.15) is 0 Å². The van der Waals surface area contributed by atoms with Crippen LogP contribution >= 0.6 is 0 Å². The number of aromatic nitrogens is 2. The van der Waals surface area contributed by atoms with Crippen molar-refractivity contribution in [3.63, 3.8) is 0 Å². The van der Waals surface area contributed by atoms with Crippen molar-refractivity contribution in [3.05, 3.63) is 53.9 Å². The molecular weight excluding hydrogens is 257 g/mol. The van der Waals surface area contributed by atoms with Crippen molar-refractivity contribution in [3.8, 4) is 0 Å². The number of aryl methyl sites for hydroxylation is 1. The second kappa shape index (κ2) is 5.34. The molecule has 1 fully saturated rings. The Hall–Kier alpha value is -1.72. The van der Waals surface area contributed by atoms with Crippen molar-refractivity contribution in [2.75, 3.05) is 6.54 Å². The van der Waals surface area contributed by atoms with E-state index in [2.05, 4.69) is 9.88 Å². The van der Waals surface area contributed by atoms with E-state index in [0.29, 0.717) is 13.0 Å². The number of imidazole rings is 1. The summed E-state index contributed by atoms with van der Waals surface area (Å²) in [6.07, 6.45) is 3.96. The van der Waals surface area contributed by atoms with Crippen LogP contribution in [0.2, 0.25) is 0 Å². The number of aliphatic hydroxyl groups is 1. The van der Waals surface area contributed by atoms with Gasteiger partial charge in [-0.25, -0.2) is 9.37 Å². The molecule has 0 amide bonds. The van der Waals surface area contributed by atoms with Crippen LogP contribution in [0.3, 0.4) is 0 Å². The summed E-state index contributed by atoms with van der Waals surface area (Å²) in [6.45, 7) is 1.36. The Morgan fingerprint density at radius 1 is 1.35 bits per heavy atom. The summed E-state index contributed by atoms with van der Waals surface area (Å²) in [4.78, 5) is 6.33. The van der Waals surface area contributed by atoms with E-state index in [1.54, 1.807) is 18.5 Å². The van der Waals surface area contributed by atoms with E-state index < -0.39 is 0 Å². The summed E-state index contributed by atoms with van der Waals surface area (Å²) in [7, 11) is 1.96. The molecule has 1 aromatic carbocycles. The third-order valence-electron chi connectivity index (χ3n) is 3.92. The number of halogens is 1. The van der Waals surface area contributed by atoms with Crippen molar-refractivity contribution >= 4 is 0 Å². The van der Waals surface area contributed by atoms with Gasteiger partial charge in [0, 0.05) is 32.4 Å². The average molecular weight is 275 g/mol. The second-order valence-corrected chi connectivity index (χ2v) is 5.38. The van der Waals surface area contributed by atoms with Gasteiger partial charge in [-0.1, -0.05) is 12.1 Å². The van der Waals surface area contributed by atoms with E-state index in [1.165, 1.54) is 12.1 Å². The topological polar surface area (TPSA) is 41.3 Å². The van der Waals surface area contributed by atoms with Gasteiger partial charge in [-0.15, -0.1) is 0 Å². The van der Waals surface area contributed by atoms with Crippen LogP contribution in [0.1, 0.15) is 23.7 Å². The Bertz CT molecular complexity index is 581. The predicted octanol–water partition coefficient (Wildman–Crippen LogP) is 1.87. The lowest BCUT2D eigenvalue weighted by Gasteiger charge is -2.24. The minimum absolute atomic E-state index is 0.125. The van der Waals surface area contributed by atoms with Gasteiger partial charge in [-0.05, 0) is 24.1 Å². The predicted molar refractivity (Wildman–Crippen MR) is 73.4 cm³/mol. The summed E-state index contributed by atoms with van der Waals surface area (Å²) in [5.74, 6) is -0.231. The van der Waals surface area contributed by atoms with Gasteiger partial charge >= 0.3 is 0 Å². The zero-order valence-electron chi connectivity index (χ0n) is 11.4. The summed E-state index contributed by atoms with van der Waals surface area (Å²) < 4.78 is 15.0. The standard InChI is InChI=1S/C15H18FN3O/c1-18-10-17-7-13(18)8-19-9-14(20)6-15(19)11-2-4-12(16)5-3-11/h2-5,7,10,14-15,20H,6,8-9H2,1H3. The van der Waals surface area contributed by atoms with Gasteiger partial charge < -0.3 is 9.67 Å². The molecule has 1 aromatic heterocycles. The van der Waals surface area contributed by atoms with Crippen molar-refractivity contribution in [1.82, 2.24) is 14.5 Å². The monoisotopic (exact) mass is 275 g/mol. The van der Waals surface area contributed by atoms with Gasteiger partial charge in [0.1, 0.15) is 5.82 Å². The van der Waals surface area contributed by atoms with Gasteiger partial charge in [-0.3, -0.25) is 4.90 Å². The zero-order valence-corrected chi connectivity index (χ0v) is 11.4. The number of hydrogen-bond donors (Lipinski definition) is 1. The van der Waals surface area contributed by atoms with Crippen LogP contribution in [0.4, 0.5) is 4.39 Å². The maximum absolute atomic E-state index is 13.0. The first-order valence-corrected chi connectivity index (χ1v) is 6.76. The highest BCUT2D eigenvalue weighted by atomic mass is 19.1. The molecule has 1 aliphatic heterocycles. The Morgan fingerprint density at radius 2 is 2.10 bits per heavy atom. The minimum Gasteiger partial charge on any atom is -0.392 e. The molecule has 0 spiro atoms. The lowest BCUT2D eigenvalue weighted by molar-refractivity contribution is 0.171. The van der Waals surface area contributed by atoms with Crippen molar-refractivity contribution in [1.29, 1.82) is 0 Å². The number of likely N-dealkylation sites (tertiary alicyclic amines) is 1. The highest BCUT2D eigenvalue weighted by Crippen LogP contribution is 2.33. The molecule has 1 N–H and O–H groups in total. The highest BCUT2D eigenvalue weighted by Gasteiger charge is 2.32. The van der Waals surface area contributed by atoms with Crippen LogP contribution in [0.15, 0.2) is 36.8 Å². The number of benzene rings is 1. The van der Waals surface area contributed by atoms with Gasteiger partial charge in [0.15, 0.2) is 0 Å². The van der Waals surface area contributed by atoms with Crippen molar-refractivity contribution < 1.29 is 9.50 Å². The first-order chi connectivity index (χ1) is 9.63. The maximum atomic E-state index is 13.0. The molecule has 1 saturated heterocycles. The van der Waals surface area contributed by atoms with Crippen LogP contribution in [0, 0.1) is 5.82 Å². The van der Waals surface area contributed by atoms with E-state index in [1.807, 2.05) is 17.8 Å². The van der Waals surface area contributed by atoms with Crippen LogP contribution in [0.25, 0.3) is 0 Å². The molecule has 4 nitrogen and oxygen atoms in total. The lowest BCUT2D eigenvalue weighted by atomic mass is 10.0. The lowest BCUT2D eigenvalue weighted by Crippen LogP contribution is -2.25. The van der Waals surface area contributed by atoms with E-state index in [0.717, 1.165) is 17.8 Å². The molecule has 0 bridgehead atoms. The molecule has 20 heavy (non-hydrogen) atoms. The molecule has 0 aliphatic carbocycles. The summed E-state index contributed by atoms with van der Waals surface area (Å²) in [5, 5.41) is 9.95. The molecule has 2 aromatic rings. The fraction of sp³-hybridized carbons (Fsp3) is 0.400. The average Bonchev–Trinajstić information content (AvgIpc) is 2.98. The van der Waals surface area contributed by atoms with Crippen molar-refractivity contribution in [2.45, 2.75) is 25.1 Å². The smallest absolute Gasteiger partial charge is 0.123 e. The molecule has 0 saturated carbocycles. The van der Waals surface area contributed by atoms with Gasteiger partial charge in [0.2, 0.25) is 0 Å². The fourth-order valence-electron chi connectivity index (χ4n) is 2.83. The molecule has 2 unspecified atom stereocenters. The third-order valence-corrected chi connectivity index (χ3v) is 3.92. The number of β-amino-alcohol motifs (C(OH)–C–C–N with tert-alkyl or cyclic N) is 1. The first kappa shape index (κ1) is 13.3. The van der Waals surface area contributed by atoms with Gasteiger partial charge in [0.25, 0.3) is 0 Å². The second-order valence-electron chi connectivity index (χ2n) is 5.38. The quantitative estimate of drug-likeness (QED) is 0.929.